The summed E-state index contributed by atoms with van der Waals surface area (Å²) in [6.45, 7) is 0.488. The second-order valence-corrected chi connectivity index (χ2v) is 3.68. The molecule has 2 atom stereocenters. The molecule has 0 N–H and O–H groups in total. The predicted octanol–water partition coefficient (Wildman–Crippen LogP) is 1.44. The molecule has 3 rings (SSSR count). The van der Waals surface area contributed by atoms with Gasteiger partial charge < -0.3 is 9.47 Å². The molecule has 2 aliphatic rings. The van der Waals surface area contributed by atoms with E-state index in [4.69, 9.17) is 9.47 Å². The van der Waals surface area contributed by atoms with E-state index in [-0.39, 0.29) is 12.1 Å². The molecule has 0 aromatic heterocycles. The summed E-state index contributed by atoms with van der Waals surface area (Å²) in [7, 11) is 0. The Morgan fingerprint density at radius 1 is 1.29 bits per heavy atom. The number of hydrogen-bond acceptors (Lipinski definition) is 3. The number of esters is 1. The molecular weight excluding hydrogens is 180 g/mol. The minimum absolute atomic E-state index is 0.0845. The smallest absolute Gasteiger partial charge is 0.341 e. The van der Waals surface area contributed by atoms with Crippen molar-refractivity contribution in [1.82, 2.24) is 0 Å². The fraction of sp³-hybridized carbons (Fsp3) is 0.364. The Balaban J connectivity index is 1.89. The fourth-order valence-corrected chi connectivity index (χ4v) is 2.01. The van der Waals surface area contributed by atoms with Gasteiger partial charge in [0.15, 0.2) is 5.60 Å². The largest absolute Gasteiger partial charge is 0.463 e. The van der Waals surface area contributed by atoms with Crippen molar-refractivity contribution in [3.63, 3.8) is 0 Å². The second kappa shape index (κ2) is 2.58. The van der Waals surface area contributed by atoms with Crippen LogP contribution in [0.1, 0.15) is 18.1 Å². The van der Waals surface area contributed by atoms with Crippen LogP contribution < -0.4 is 0 Å². The van der Waals surface area contributed by atoms with Crippen molar-refractivity contribution in [2.45, 2.75) is 18.1 Å². The number of hydrogen-bond donors (Lipinski definition) is 0. The van der Waals surface area contributed by atoms with Crippen LogP contribution in [0.5, 0.6) is 0 Å². The molecule has 0 amide bonds. The first-order valence-corrected chi connectivity index (χ1v) is 4.73. The van der Waals surface area contributed by atoms with Gasteiger partial charge in [-0.15, -0.1) is 0 Å². The standard InChI is InChI=1S/C11H10O3/c12-10-11(6-7-13-10)9(14-11)8-4-2-1-3-5-8/h1-5,9H,6-7H2/t9-,11+/m0/s1. The Morgan fingerprint density at radius 3 is 2.71 bits per heavy atom. The molecule has 3 nitrogen and oxygen atoms in total. The van der Waals surface area contributed by atoms with E-state index < -0.39 is 5.60 Å². The van der Waals surface area contributed by atoms with Crippen molar-refractivity contribution in [2.24, 2.45) is 0 Å². The van der Waals surface area contributed by atoms with Crippen LogP contribution in [0, 0.1) is 0 Å². The van der Waals surface area contributed by atoms with Gasteiger partial charge in [0.2, 0.25) is 0 Å². The Labute approximate surface area is 81.6 Å². The molecule has 3 heteroatoms. The molecule has 1 aromatic carbocycles. The van der Waals surface area contributed by atoms with Crippen molar-refractivity contribution >= 4 is 5.97 Å². The zero-order valence-electron chi connectivity index (χ0n) is 7.60. The molecule has 2 fully saturated rings. The topological polar surface area (TPSA) is 38.8 Å². The third kappa shape index (κ3) is 0.930. The van der Waals surface area contributed by atoms with Crippen LogP contribution in [0.2, 0.25) is 0 Å². The van der Waals surface area contributed by atoms with Crippen LogP contribution in [-0.2, 0) is 14.3 Å². The maximum atomic E-state index is 11.4. The van der Waals surface area contributed by atoms with Gasteiger partial charge in [0.25, 0.3) is 0 Å². The zero-order chi connectivity index (χ0) is 9.60. The van der Waals surface area contributed by atoms with Crippen LogP contribution in [-0.4, -0.2) is 18.2 Å². The summed E-state index contributed by atoms with van der Waals surface area (Å²) in [6.07, 6.45) is 0.601. The van der Waals surface area contributed by atoms with Gasteiger partial charge in [-0.2, -0.15) is 0 Å². The maximum Gasteiger partial charge on any atom is 0.341 e. The lowest BCUT2D eigenvalue weighted by atomic mass is 9.98. The molecule has 0 unspecified atom stereocenters. The van der Waals surface area contributed by atoms with Crippen molar-refractivity contribution in [1.29, 1.82) is 0 Å². The number of epoxide rings is 1. The van der Waals surface area contributed by atoms with Crippen LogP contribution in [0.15, 0.2) is 30.3 Å². The lowest BCUT2D eigenvalue weighted by Crippen LogP contribution is -2.18. The molecule has 1 spiro atoms. The number of benzene rings is 1. The van der Waals surface area contributed by atoms with Gasteiger partial charge in [-0.05, 0) is 5.56 Å². The first kappa shape index (κ1) is 8.00. The van der Waals surface area contributed by atoms with E-state index in [1.165, 1.54) is 0 Å². The average molecular weight is 190 g/mol. The summed E-state index contributed by atoms with van der Waals surface area (Å²) in [5.41, 5.74) is 0.424. The van der Waals surface area contributed by atoms with Gasteiger partial charge in [0.05, 0.1) is 6.61 Å². The van der Waals surface area contributed by atoms with E-state index in [0.29, 0.717) is 13.0 Å². The minimum Gasteiger partial charge on any atom is -0.463 e. The van der Waals surface area contributed by atoms with Crippen LogP contribution in [0.25, 0.3) is 0 Å². The molecule has 2 saturated heterocycles. The van der Waals surface area contributed by atoms with E-state index in [0.717, 1.165) is 5.56 Å². The quantitative estimate of drug-likeness (QED) is 0.497. The molecule has 2 aliphatic heterocycles. The van der Waals surface area contributed by atoms with Gasteiger partial charge in [0.1, 0.15) is 6.10 Å². The molecule has 0 radical (unpaired) electrons. The summed E-state index contributed by atoms with van der Waals surface area (Å²) in [5.74, 6) is -0.202. The maximum absolute atomic E-state index is 11.4. The van der Waals surface area contributed by atoms with E-state index in [2.05, 4.69) is 0 Å². The fourth-order valence-electron chi connectivity index (χ4n) is 2.01. The first-order valence-electron chi connectivity index (χ1n) is 4.73. The molecule has 1 aromatic rings. The number of carbonyl (C=O) groups is 1. The normalized spacial score (nSPS) is 34.6. The number of cyclic esters (lactones) is 1. The van der Waals surface area contributed by atoms with E-state index in [1.807, 2.05) is 30.3 Å². The molecule has 0 aliphatic carbocycles. The summed E-state index contributed by atoms with van der Waals surface area (Å²) in [5, 5.41) is 0. The lowest BCUT2D eigenvalue weighted by molar-refractivity contribution is -0.142. The number of carbonyl (C=O) groups excluding carboxylic acids is 1. The van der Waals surface area contributed by atoms with Gasteiger partial charge in [-0.25, -0.2) is 4.79 Å². The first-order chi connectivity index (χ1) is 6.83. The number of rotatable bonds is 1. The Morgan fingerprint density at radius 2 is 2.07 bits per heavy atom. The Bertz CT molecular complexity index is 373. The number of ether oxygens (including phenoxy) is 2. The van der Waals surface area contributed by atoms with E-state index in [1.54, 1.807) is 0 Å². The summed E-state index contributed by atoms with van der Waals surface area (Å²) in [4.78, 5) is 11.4. The second-order valence-electron chi connectivity index (χ2n) is 3.68. The minimum atomic E-state index is -0.638. The summed E-state index contributed by atoms with van der Waals surface area (Å²) < 4.78 is 10.4. The van der Waals surface area contributed by atoms with Crippen molar-refractivity contribution in [2.75, 3.05) is 6.61 Å². The highest BCUT2D eigenvalue weighted by molar-refractivity contribution is 5.85. The van der Waals surface area contributed by atoms with E-state index >= 15 is 0 Å². The lowest BCUT2D eigenvalue weighted by Gasteiger charge is -1.97. The average Bonchev–Trinajstić information content (AvgIpc) is 2.84. The van der Waals surface area contributed by atoms with Gasteiger partial charge >= 0.3 is 5.97 Å². The van der Waals surface area contributed by atoms with Gasteiger partial charge in [0, 0.05) is 6.42 Å². The molecule has 0 bridgehead atoms. The van der Waals surface area contributed by atoms with Crippen LogP contribution in [0.4, 0.5) is 0 Å². The monoisotopic (exact) mass is 190 g/mol. The van der Waals surface area contributed by atoms with Crippen LogP contribution >= 0.6 is 0 Å². The molecule has 2 heterocycles. The highest BCUT2D eigenvalue weighted by Crippen LogP contribution is 2.54. The van der Waals surface area contributed by atoms with Crippen molar-refractivity contribution < 1.29 is 14.3 Å². The van der Waals surface area contributed by atoms with Crippen molar-refractivity contribution in [3.8, 4) is 0 Å². The Kier molecular flexibility index (Phi) is 1.47. The molecular formula is C11H10O3. The van der Waals surface area contributed by atoms with E-state index in [9.17, 15) is 4.79 Å². The predicted molar refractivity (Wildman–Crippen MR) is 48.6 cm³/mol. The Hall–Kier alpha value is -1.35. The zero-order valence-corrected chi connectivity index (χ0v) is 7.60. The van der Waals surface area contributed by atoms with Crippen molar-refractivity contribution in [3.05, 3.63) is 35.9 Å². The molecule has 14 heavy (non-hydrogen) atoms. The third-order valence-corrected chi connectivity index (χ3v) is 2.85. The third-order valence-electron chi connectivity index (χ3n) is 2.85. The summed E-state index contributed by atoms with van der Waals surface area (Å²) >= 11 is 0. The molecule has 0 saturated carbocycles. The van der Waals surface area contributed by atoms with Gasteiger partial charge in [-0.3, -0.25) is 0 Å². The SMILES string of the molecule is O=C1OCC[C@]12O[C@H]2c1ccccc1. The highest BCUT2D eigenvalue weighted by atomic mass is 16.7. The van der Waals surface area contributed by atoms with Gasteiger partial charge in [-0.1, -0.05) is 30.3 Å². The summed E-state index contributed by atoms with van der Waals surface area (Å²) in [6, 6.07) is 9.80. The highest BCUT2D eigenvalue weighted by Gasteiger charge is 2.66. The van der Waals surface area contributed by atoms with Crippen LogP contribution in [0.3, 0.4) is 0 Å². The molecule has 72 valence electrons.